The van der Waals surface area contributed by atoms with Crippen molar-refractivity contribution in [2.75, 3.05) is 6.54 Å². The molecular formula is C14H21IN2O3S. The fourth-order valence-electron chi connectivity index (χ4n) is 1.85. The minimum absolute atomic E-state index is 0.168. The van der Waals surface area contributed by atoms with Gasteiger partial charge in [0.15, 0.2) is 0 Å². The Hall–Kier alpha value is -0.670. The Kier molecular flexibility index (Phi) is 7.08. The molecule has 0 aliphatic rings. The molecule has 0 fully saturated rings. The fourth-order valence-corrected chi connectivity index (χ4v) is 3.41. The van der Waals surface area contributed by atoms with Crippen LogP contribution >= 0.6 is 22.6 Å². The standard InChI is InChI=1S/C14H21IN2O3S/c1-4-16-14(18)13(9-10(2)3)17-21(19,20)12-7-5-11(15)6-8-12/h5-8,10,13,17H,4,9H2,1-3H3,(H,16,18). The normalized spacial score (nSPS) is 13.2. The van der Waals surface area contributed by atoms with Gasteiger partial charge in [0.25, 0.3) is 0 Å². The summed E-state index contributed by atoms with van der Waals surface area (Å²) in [5.41, 5.74) is 0. The summed E-state index contributed by atoms with van der Waals surface area (Å²) in [5.74, 6) is -0.0858. The van der Waals surface area contributed by atoms with Crippen molar-refractivity contribution in [3.05, 3.63) is 27.8 Å². The molecule has 0 radical (unpaired) electrons. The van der Waals surface area contributed by atoms with Gasteiger partial charge in [0.2, 0.25) is 15.9 Å². The average Bonchev–Trinajstić information content (AvgIpc) is 2.38. The Labute approximate surface area is 140 Å². The highest BCUT2D eigenvalue weighted by Gasteiger charge is 2.26. The molecule has 0 bridgehead atoms. The Bertz CT molecular complexity index is 570. The molecule has 5 nitrogen and oxygen atoms in total. The highest BCUT2D eigenvalue weighted by Crippen LogP contribution is 2.14. The van der Waals surface area contributed by atoms with Crippen molar-refractivity contribution in [2.45, 2.75) is 38.1 Å². The Morgan fingerprint density at radius 2 is 1.81 bits per heavy atom. The van der Waals surface area contributed by atoms with Gasteiger partial charge in [-0.1, -0.05) is 13.8 Å². The predicted octanol–water partition coefficient (Wildman–Crippen LogP) is 2.12. The van der Waals surface area contributed by atoms with Gasteiger partial charge in [0.1, 0.15) is 6.04 Å². The molecule has 21 heavy (non-hydrogen) atoms. The van der Waals surface area contributed by atoms with Gasteiger partial charge in [-0.2, -0.15) is 4.72 Å². The summed E-state index contributed by atoms with van der Waals surface area (Å²) in [6, 6.07) is 5.76. The summed E-state index contributed by atoms with van der Waals surface area (Å²) in [5, 5.41) is 2.67. The summed E-state index contributed by atoms with van der Waals surface area (Å²) in [4.78, 5) is 12.2. The van der Waals surface area contributed by atoms with Crippen LogP contribution in [0.5, 0.6) is 0 Å². The van der Waals surface area contributed by atoms with Crippen LogP contribution in [0.25, 0.3) is 0 Å². The minimum Gasteiger partial charge on any atom is -0.355 e. The first kappa shape index (κ1) is 18.4. The number of likely N-dealkylation sites (N-methyl/N-ethyl adjacent to an activating group) is 1. The molecular weight excluding hydrogens is 403 g/mol. The van der Waals surface area contributed by atoms with E-state index < -0.39 is 16.1 Å². The van der Waals surface area contributed by atoms with Gasteiger partial charge < -0.3 is 5.32 Å². The van der Waals surface area contributed by atoms with Crippen molar-refractivity contribution >= 4 is 38.5 Å². The number of carbonyl (C=O) groups excluding carboxylic acids is 1. The van der Waals surface area contributed by atoms with Crippen LogP contribution in [0.2, 0.25) is 0 Å². The van der Waals surface area contributed by atoms with E-state index in [0.29, 0.717) is 13.0 Å². The zero-order chi connectivity index (χ0) is 16.0. The summed E-state index contributed by atoms with van der Waals surface area (Å²) >= 11 is 2.11. The van der Waals surface area contributed by atoms with Gasteiger partial charge >= 0.3 is 0 Å². The van der Waals surface area contributed by atoms with E-state index in [4.69, 9.17) is 0 Å². The predicted molar refractivity (Wildman–Crippen MR) is 91.4 cm³/mol. The first-order valence-electron chi connectivity index (χ1n) is 6.82. The molecule has 0 aliphatic heterocycles. The van der Waals surface area contributed by atoms with E-state index in [9.17, 15) is 13.2 Å². The van der Waals surface area contributed by atoms with Crippen molar-refractivity contribution in [3.8, 4) is 0 Å². The number of nitrogens with one attached hydrogen (secondary N) is 2. The maximum atomic E-state index is 12.4. The van der Waals surface area contributed by atoms with E-state index in [0.717, 1.165) is 3.57 Å². The molecule has 0 heterocycles. The Balaban J connectivity index is 2.95. The van der Waals surface area contributed by atoms with E-state index in [-0.39, 0.29) is 16.7 Å². The zero-order valence-corrected chi connectivity index (χ0v) is 15.4. The van der Waals surface area contributed by atoms with Gasteiger partial charge in [0, 0.05) is 10.1 Å². The SMILES string of the molecule is CCNC(=O)C(CC(C)C)NS(=O)(=O)c1ccc(I)cc1. The fraction of sp³-hybridized carbons (Fsp3) is 0.500. The average molecular weight is 424 g/mol. The van der Waals surface area contributed by atoms with Gasteiger partial charge in [-0.15, -0.1) is 0 Å². The van der Waals surface area contributed by atoms with E-state index >= 15 is 0 Å². The van der Waals surface area contributed by atoms with Crippen molar-refractivity contribution in [1.29, 1.82) is 0 Å². The molecule has 1 aromatic rings. The second-order valence-electron chi connectivity index (χ2n) is 5.15. The quantitative estimate of drug-likeness (QED) is 0.659. The number of hydrogen-bond donors (Lipinski definition) is 2. The van der Waals surface area contributed by atoms with Crippen molar-refractivity contribution < 1.29 is 13.2 Å². The molecule has 1 rings (SSSR count). The van der Waals surface area contributed by atoms with Gasteiger partial charge in [-0.25, -0.2) is 8.42 Å². The van der Waals surface area contributed by atoms with E-state index in [1.54, 1.807) is 19.1 Å². The zero-order valence-electron chi connectivity index (χ0n) is 12.4. The van der Waals surface area contributed by atoms with Crippen LogP contribution < -0.4 is 10.0 Å². The summed E-state index contributed by atoms with van der Waals surface area (Å²) in [6.07, 6.45) is 0.454. The summed E-state index contributed by atoms with van der Waals surface area (Å²) in [6.45, 7) is 6.17. The number of carbonyl (C=O) groups is 1. The monoisotopic (exact) mass is 424 g/mol. The van der Waals surface area contributed by atoms with Crippen LogP contribution in [-0.4, -0.2) is 26.9 Å². The molecule has 1 atom stereocenters. The smallest absolute Gasteiger partial charge is 0.241 e. The second-order valence-corrected chi connectivity index (χ2v) is 8.11. The van der Waals surface area contributed by atoms with Crippen LogP contribution in [0, 0.1) is 9.49 Å². The van der Waals surface area contributed by atoms with Crippen LogP contribution in [0.15, 0.2) is 29.2 Å². The van der Waals surface area contributed by atoms with Crippen molar-refractivity contribution in [3.63, 3.8) is 0 Å². The number of sulfonamides is 1. The molecule has 7 heteroatoms. The number of benzene rings is 1. The second kappa shape index (κ2) is 8.09. The third-order valence-electron chi connectivity index (χ3n) is 2.80. The van der Waals surface area contributed by atoms with Crippen LogP contribution in [0.3, 0.4) is 0 Å². The molecule has 0 saturated carbocycles. The molecule has 1 amide bonds. The molecule has 0 saturated heterocycles. The van der Waals surface area contributed by atoms with Crippen LogP contribution in [0.1, 0.15) is 27.2 Å². The van der Waals surface area contributed by atoms with Crippen LogP contribution in [0.4, 0.5) is 0 Å². The van der Waals surface area contributed by atoms with Gasteiger partial charge in [-0.05, 0) is 66.1 Å². The molecule has 2 N–H and O–H groups in total. The maximum Gasteiger partial charge on any atom is 0.241 e. The first-order chi connectivity index (χ1) is 9.76. The lowest BCUT2D eigenvalue weighted by atomic mass is 10.0. The summed E-state index contributed by atoms with van der Waals surface area (Å²) in [7, 11) is -3.70. The Morgan fingerprint density at radius 1 is 1.24 bits per heavy atom. The van der Waals surface area contributed by atoms with Crippen LogP contribution in [-0.2, 0) is 14.8 Å². The number of halogens is 1. The number of rotatable bonds is 7. The molecule has 1 unspecified atom stereocenters. The number of hydrogen-bond acceptors (Lipinski definition) is 3. The van der Waals surface area contributed by atoms with Gasteiger partial charge in [-0.3, -0.25) is 4.79 Å². The third-order valence-corrected chi connectivity index (χ3v) is 5.00. The van der Waals surface area contributed by atoms with E-state index in [1.807, 2.05) is 13.8 Å². The lowest BCUT2D eigenvalue weighted by Crippen LogP contribution is -2.47. The lowest BCUT2D eigenvalue weighted by molar-refractivity contribution is -0.122. The van der Waals surface area contributed by atoms with Crippen molar-refractivity contribution in [2.24, 2.45) is 5.92 Å². The lowest BCUT2D eigenvalue weighted by Gasteiger charge is -2.19. The molecule has 0 aliphatic carbocycles. The summed E-state index contributed by atoms with van der Waals surface area (Å²) < 4.78 is 28.2. The molecule has 118 valence electrons. The van der Waals surface area contributed by atoms with Crippen molar-refractivity contribution in [1.82, 2.24) is 10.0 Å². The Morgan fingerprint density at radius 3 is 2.29 bits per heavy atom. The van der Waals surface area contributed by atoms with Gasteiger partial charge in [0.05, 0.1) is 4.90 Å². The highest BCUT2D eigenvalue weighted by atomic mass is 127. The molecule has 0 spiro atoms. The number of amides is 1. The first-order valence-corrected chi connectivity index (χ1v) is 9.38. The minimum atomic E-state index is -3.70. The third kappa shape index (κ3) is 5.91. The largest absolute Gasteiger partial charge is 0.355 e. The van der Waals surface area contributed by atoms with E-state index in [2.05, 4.69) is 32.6 Å². The van der Waals surface area contributed by atoms with E-state index in [1.165, 1.54) is 12.1 Å². The molecule has 0 aromatic heterocycles. The highest BCUT2D eigenvalue weighted by molar-refractivity contribution is 14.1. The molecule has 1 aromatic carbocycles. The topological polar surface area (TPSA) is 75.3 Å². The maximum absolute atomic E-state index is 12.4.